The molecule has 0 aliphatic carbocycles. The molecule has 0 aliphatic rings. The summed E-state index contributed by atoms with van der Waals surface area (Å²) >= 11 is 0. The maximum Gasteiger partial charge on any atom is 0.337 e. The molecule has 1 aromatic carbocycles. The minimum atomic E-state index is -2.00. The molecular formula is C17H26N2O5. The van der Waals surface area contributed by atoms with Crippen LogP contribution in [0.2, 0.25) is 0 Å². The zero-order chi connectivity index (χ0) is 18.2. The van der Waals surface area contributed by atoms with Gasteiger partial charge in [0.15, 0.2) is 5.60 Å². The monoisotopic (exact) mass is 338 g/mol. The molecule has 0 heterocycles. The number of carboxylic acids is 1. The third kappa shape index (κ3) is 6.17. The molecule has 1 amide bonds. The van der Waals surface area contributed by atoms with Gasteiger partial charge in [0.2, 0.25) is 0 Å². The van der Waals surface area contributed by atoms with Crippen LogP contribution in [0.1, 0.15) is 31.1 Å². The Morgan fingerprint density at radius 2 is 1.79 bits per heavy atom. The number of aliphatic carboxylic acids is 1. The van der Waals surface area contributed by atoms with Crippen molar-refractivity contribution in [1.82, 2.24) is 10.2 Å². The van der Waals surface area contributed by atoms with Gasteiger partial charge in [-0.15, -0.1) is 0 Å². The summed E-state index contributed by atoms with van der Waals surface area (Å²) in [6, 6.07) is 6.56. The molecule has 1 aromatic rings. The molecule has 3 N–H and O–H groups in total. The number of hydrogen-bond donors (Lipinski definition) is 3. The quantitative estimate of drug-likeness (QED) is 0.588. The standard InChI is InChI=1S/C17H26N2O5/c1-4-19(5-2)10-11-24-14-8-6-13(7-9-14)15(20)18-12-17(3,23)16(21)22/h6-9,23H,4-5,10-12H2,1-3H3,(H,18,20)(H,21,22). The van der Waals surface area contributed by atoms with E-state index >= 15 is 0 Å². The molecule has 0 aliphatic heterocycles. The van der Waals surface area contributed by atoms with Gasteiger partial charge in [0, 0.05) is 12.1 Å². The van der Waals surface area contributed by atoms with Crippen LogP contribution < -0.4 is 10.1 Å². The SMILES string of the molecule is CCN(CC)CCOc1ccc(C(=O)NCC(C)(O)C(=O)O)cc1. The first-order valence-electron chi connectivity index (χ1n) is 7.99. The average Bonchev–Trinajstić information content (AvgIpc) is 2.57. The number of carboxylic acid groups (broad SMARTS) is 1. The molecule has 134 valence electrons. The molecule has 7 nitrogen and oxygen atoms in total. The topological polar surface area (TPSA) is 99.1 Å². The Bertz CT molecular complexity index is 538. The number of rotatable bonds is 10. The molecule has 0 spiro atoms. The van der Waals surface area contributed by atoms with Gasteiger partial charge in [-0.2, -0.15) is 0 Å². The first-order chi connectivity index (χ1) is 11.3. The highest BCUT2D eigenvalue weighted by atomic mass is 16.5. The average molecular weight is 338 g/mol. The zero-order valence-electron chi connectivity index (χ0n) is 14.4. The molecule has 0 saturated carbocycles. The van der Waals surface area contributed by atoms with Crippen molar-refractivity contribution in [2.45, 2.75) is 26.4 Å². The van der Waals surface area contributed by atoms with Gasteiger partial charge in [-0.3, -0.25) is 4.79 Å². The van der Waals surface area contributed by atoms with E-state index in [1.165, 1.54) is 0 Å². The molecular weight excluding hydrogens is 312 g/mol. The molecule has 24 heavy (non-hydrogen) atoms. The van der Waals surface area contributed by atoms with Gasteiger partial charge in [0.1, 0.15) is 12.4 Å². The Kier molecular flexibility index (Phi) is 7.67. The molecule has 7 heteroatoms. The van der Waals surface area contributed by atoms with E-state index in [0.717, 1.165) is 26.6 Å². The van der Waals surface area contributed by atoms with Crippen molar-refractivity contribution in [2.24, 2.45) is 0 Å². The Morgan fingerprint density at radius 3 is 2.29 bits per heavy atom. The molecule has 1 unspecified atom stereocenters. The summed E-state index contributed by atoms with van der Waals surface area (Å²) in [6.07, 6.45) is 0. The van der Waals surface area contributed by atoms with Gasteiger partial charge in [-0.05, 0) is 44.3 Å². The minimum absolute atomic E-state index is 0.368. The molecule has 0 fully saturated rings. The van der Waals surface area contributed by atoms with Gasteiger partial charge in [0.05, 0.1) is 6.54 Å². The largest absolute Gasteiger partial charge is 0.492 e. The maximum atomic E-state index is 11.9. The van der Waals surface area contributed by atoms with Crippen molar-refractivity contribution in [1.29, 1.82) is 0 Å². The highest BCUT2D eigenvalue weighted by Gasteiger charge is 2.30. The predicted molar refractivity (Wildman–Crippen MR) is 90.3 cm³/mol. The van der Waals surface area contributed by atoms with Crippen LogP contribution in [0.15, 0.2) is 24.3 Å². The number of nitrogens with one attached hydrogen (secondary N) is 1. The summed E-state index contributed by atoms with van der Waals surface area (Å²) in [5.74, 6) is -1.18. The van der Waals surface area contributed by atoms with Crippen molar-refractivity contribution >= 4 is 11.9 Å². The lowest BCUT2D eigenvalue weighted by atomic mass is 10.1. The molecule has 0 aromatic heterocycles. The second-order valence-corrected chi connectivity index (χ2v) is 5.66. The van der Waals surface area contributed by atoms with Gasteiger partial charge < -0.3 is 25.2 Å². The van der Waals surface area contributed by atoms with E-state index in [0.29, 0.717) is 17.9 Å². The van der Waals surface area contributed by atoms with E-state index in [4.69, 9.17) is 9.84 Å². The smallest absolute Gasteiger partial charge is 0.337 e. The van der Waals surface area contributed by atoms with Crippen LogP contribution >= 0.6 is 0 Å². The number of carbonyl (C=O) groups is 2. The number of likely N-dealkylation sites (N-methyl/N-ethyl adjacent to an activating group) is 1. The lowest BCUT2D eigenvalue weighted by Gasteiger charge is -2.18. The Hall–Kier alpha value is -2.12. The second kappa shape index (κ2) is 9.24. The molecule has 1 rings (SSSR count). The second-order valence-electron chi connectivity index (χ2n) is 5.66. The lowest BCUT2D eigenvalue weighted by Crippen LogP contribution is -2.46. The fraction of sp³-hybridized carbons (Fsp3) is 0.529. The molecule has 0 bridgehead atoms. The van der Waals surface area contributed by atoms with E-state index in [1.807, 2.05) is 0 Å². The van der Waals surface area contributed by atoms with Gasteiger partial charge in [-0.1, -0.05) is 13.8 Å². The van der Waals surface area contributed by atoms with Crippen molar-refractivity contribution in [3.63, 3.8) is 0 Å². The highest BCUT2D eigenvalue weighted by Crippen LogP contribution is 2.12. The van der Waals surface area contributed by atoms with Crippen LogP contribution in [0, 0.1) is 0 Å². The van der Waals surface area contributed by atoms with E-state index in [-0.39, 0.29) is 6.54 Å². The fourth-order valence-corrected chi connectivity index (χ4v) is 1.97. The lowest BCUT2D eigenvalue weighted by molar-refractivity contribution is -0.155. The molecule has 0 radical (unpaired) electrons. The molecule has 1 atom stereocenters. The third-order valence-corrected chi connectivity index (χ3v) is 3.74. The third-order valence-electron chi connectivity index (χ3n) is 3.74. The maximum absolute atomic E-state index is 11.9. The summed E-state index contributed by atoms with van der Waals surface area (Å²) in [5.41, 5.74) is -1.63. The highest BCUT2D eigenvalue weighted by molar-refractivity contribution is 5.94. The Morgan fingerprint density at radius 1 is 1.21 bits per heavy atom. The predicted octanol–water partition coefficient (Wildman–Crippen LogP) is 0.973. The number of aliphatic hydroxyl groups is 1. The summed E-state index contributed by atoms with van der Waals surface area (Å²) in [6.45, 7) is 8.29. The summed E-state index contributed by atoms with van der Waals surface area (Å²) in [7, 11) is 0. The summed E-state index contributed by atoms with van der Waals surface area (Å²) in [5, 5.41) is 20.8. The first-order valence-corrected chi connectivity index (χ1v) is 7.99. The van der Waals surface area contributed by atoms with Gasteiger partial charge >= 0.3 is 5.97 Å². The minimum Gasteiger partial charge on any atom is -0.492 e. The van der Waals surface area contributed by atoms with Crippen molar-refractivity contribution in [3.05, 3.63) is 29.8 Å². The fourth-order valence-electron chi connectivity index (χ4n) is 1.97. The Balaban J connectivity index is 2.49. The van der Waals surface area contributed by atoms with Crippen LogP contribution in [0.3, 0.4) is 0 Å². The van der Waals surface area contributed by atoms with Crippen LogP contribution in [-0.2, 0) is 4.79 Å². The Labute approximate surface area is 142 Å². The van der Waals surface area contributed by atoms with E-state index < -0.39 is 17.5 Å². The summed E-state index contributed by atoms with van der Waals surface area (Å²) < 4.78 is 5.63. The van der Waals surface area contributed by atoms with E-state index in [1.54, 1.807) is 24.3 Å². The number of benzene rings is 1. The summed E-state index contributed by atoms with van der Waals surface area (Å²) in [4.78, 5) is 25.0. The number of ether oxygens (including phenoxy) is 1. The van der Waals surface area contributed by atoms with Gasteiger partial charge in [0.25, 0.3) is 5.91 Å². The number of hydrogen-bond acceptors (Lipinski definition) is 5. The normalized spacial score (nSPS) is 13.4. The van der Waals surface area contributed by atoms with Crippen LogP contribution in [0.4, 0.5) is 0 Å². The number of carbonyl (C=O) groups excluding carboxylic acids is 1. The zero-order valence-corrected chi connectivity index (χ0v) is 14.4. The van der Waals surface area contributed by atoms with E-state index in [2.05, 4.69) is 24.1 Å². The van der Waals surface area contributed by atoms with Crippen molar-refractivity contribution in [3.8, 4) is 5.75 Å². The number of nitrogens with zero attached hydrogens (tertiary/aromatic N) is 1. The van der Waals surface area contributed by atoms with E-state index in [9.17, 15) is 14.7 Å². The van der Waals surface area contributed by atoms with Crippen molar-refractivity contribution in [2.75, 3.05) is 32.8 Å². The van der Waals surface area contributed by atoms with Gasteiger partial charge in [-0.25, -0.2) is 4.79 Å². The number of amides is 1. The van der Waals surface area contributed by atoms with Crippen LogP contribution in [0.25, 0.3) is 0 Å². The first kappa shape index (κ1) is 19.9. The van der Waals surface area contributed by atoms with Crippen LogP contribution in [0.5, 0.6) is 5.75 Å². The van der Waals surface area contributed by atoms with Crippen LogP contribution in [-0.4, -0.2) is 65.4 Å². The van der Waals surface area contributed by atoms with Crippen molar-refractivity contribution < 1.29 is 24.5 Å². The molecule has 0 saturated heterocycles.